The van der Waals surface area contributed by atoms with Crippen molar-refractivity contribution < 1.29 is 18.8 Å². The quantitative estimate of drug-likeness (QED) is 0.677. The van der Waals surface area contributed by atoms with Crippen LogP contribution in [0.2, 0.25) is 5.02 Å². The van der Waals surface area contributed by atoms with Gasteiger partial charge in [0.15, 0.2) is 0 Å². The van der Waals surface area contributed by atoms with E-state index in [4.69, 9.17) is 11.6 Å². The van der Waals surface area contributed by atoms with Crippen molar-refractivity contribution in [2.24, 2.45) is 0 Å². The molecule has 3 rings (SSSR count). The molecule has 1 aliphatic rings. The lowest BCUT2D eigenvalue weighted by molar-refractivity contribution is -0.133. The molecule has 0 spiro atoms. The summed E-state index contributed by atoms with van der Waals surface area (Å²) in [6.07, 6.45) is -0.0259. The number of carbonyl (C=O) groups excluding carboxylic acids is 3. The van der Waals surface area contributed by atoms with Gasteiger partial charge in [-0.05, 0) is 42.0 Å². The number of hydrogen-bond acceptors (Lipinski definition) is 4. The van der Waals surface area contributed by atoms with E-state index in [0.717, 1.165) is 5.69 Å². The van der Waals surface area contributed by atoms with E-state index in [2.05, 4.69) is 15.5 Å². The highest BCUT2D eigenvalue weighted by Gasteiger charge is 2.21. The molecule has 1 heterocycles. The minimum Gasteiger partial charge on any atom is -0.368 e. The monoisotopic (exact) mass is 446 g/mol. The lowest BCUT2D eigenvalue weighted by Gasteiger charge is -2.36. The van der Waals surface area contributed by atoms with E-state index in [9.17, 15) is 18.8 Å². The van der Waals surface area contributed by atoms with Gasteiger partial charge >= 0.3 is 0 Å². The predicted molar refractivity (Wildman–Crippen MR) is 116 cm³/mol. The number of piperazine rings is 1. The molecular formula is C22H24ClFN4O3. The predicted octanol–water partition coefficient (Wildman–Crippen LogP) is 1.60. The van der Waals surface area contributed by atoms with Crippen molar-refractivity contribution in [3.8, 4) is 0 Å². The zero-order valence-corrected chi connectivity index (χ0v) is 17.7. The topological polar surface area (TPSA) is 81.8 Å². The Morgan fingerprint density at radius 2 is 1.58 bits per heavy atom. The summed E-state index contributed by atoms with van der Waals surface area (Å²) in [7, 11) is 0. The SMILES string of the molecule is O=C(CNC(=O)Cc1cccc(F)c1)NCC(=O)N1CCN(c2ccc(Cl)cc2)CC1. The summed E-state index contributed by atoms with van der Waals surface area (Å²) in [4.78, 5) is 40.0. The van der Waals surface area contributed by atoms with Crippen molar-refractivity contribution in [2.45, 2.75) is 6.42 Å². The Balaban J connectivity index is 1.34. The first-order valence-corrected chi connectivity index (χ1v) is 10.3. The van der Waals surface area contributed by atoms with Gasteiger partial charge in [0, 0.05) is 36.9 Å². The van der Waals surface area contributed by atoms with Gasteiger partial charge in [-0.15, -0.1) is 0 Å². The highest BCUT2D eigenvalue weighted by atomic mass is 35.5. The normalized spacial score (nSPS) is 13.6. The number of nitrogens with zero attached hydrogens (tertiary/aromatic N) is 2. The number of carbonyl (C=O) groups is 3. The molecule has 7 nitrogen and oxygen atoms in total. The Hall–Kier alpha value is -3.13. The standard InChI is InChI=1S/C22H24ClFN4O3/c23-17-4-6-19(7-5-17)27-8-10-28(11-9-27)22(31)15-26-21(30)14-25-20(29)13-16-2-1-3-18(24)12-16/h1-7,12H,8-11,13-15H2,(H,25,29)(H,26,30). The summed E-state index contributed by atoms with van der Waals surface area (Å²) in [6.45, 7) is 2.13. The summed E-state index contributed by atoms with van der Waals surface area (Å²) in [6, 6.07) is 13.3. The van der Waals surface area contributed by atoms with Crippen molar-refractivity contribution in [2.75, 3.05) is 44.2 Å². The molecule has 3 amide bonds. The first kappa shape index (κ1) is 22.6. The fourth-order valence-corrected chi connectivity index (χ4v) is 3.41. The third kappa shape index (κ3) is 6.96. The molecule has 1 fully saturated rings. The molecule has 0 atom stereocenters. The molecule has 0 radical (unpaired) electrons. The van der Waals surface area contributed by atoms with Gasteiger partial charge in [0.05, 0.1) is 19.5 Å². The summed E-state index contributed by atoms with van der Waals surface area (Å²) in [5.74, 6) is -1.45. The molecule has 0 bridgehead atoms. The molecule has 0 aromatic heterocycles. The van der Waals surface area contributed by atoms with E-state index < -0.39 is 17.6 Å². The fourth-order valence-electron chi connectivity index (χ4n) is 3.29. The van der Waals surface area contributed by atoms with E-state index in [1.165, 1.54) is 18.2 Å². The molecular weight excluding hydrogens is 423 g/mol. The van der Waals surface area contributed by atoms with Crippen molar-refractivity contribution in [3.05, 3.63) is 64.9 Å². The number of hydrogen-bond donors (Lipinski definition) is 2. The maximum Gasteiger partial charge on any atom is 0.242 e. The minimum absolute atomic E-state index is 0.0259. The number of benzene rings is 2. The number of nitrogens with one attached hydrogen (secondary N) is 2. The number of anilines is 1. The second-order valence-corrected chi connectivity index (χ2v) is 7.64. The molecule has 164 valence electrons. The van der Waals surface area contributed by atoms with Gasteiger partial charge < -0.3 is 20.4 Å². The molecule has 2 aromatic carbocycles. The van der Waals surface area contributed by atoms with Crippen LogP contribution < -0.4 is 15.5 Å². The third-order valence-electron chi connectivity index (χ3n) is 4.96. The van der Waals surface area contributed by atoms with Crippen LogP contribution in [0, 0.1) is 5.82 Å². The van der Waals surface area contributed by atoms with Crippen molar-refractivity contribution in [3.63, 3.8) is 0 Å². The number of halogens is 2. The second-order valence-electron chi connectivity index (χ2n) is 7.20. The van der Waals surface area contributed by atoms with E-state index in [-0.39, 0.29) is 25.4 Å². The Morgan fingerprint density at radius 3 is 2.26 bits per heavy atom. The van der Waals surface area contributed by atoms with Crippen molar-refractivity contribution in [1.82, 2.24) is 15.5 Å². The zero-order valence-electron chi connectivity index (χ0n) is 16.9. The molecule has 2 aromatic rings. The van der Waals surface area contributed by atoms with Gasteiger partial charge in [-0.3, -0.25) is 14.4 Å². The second kappa shape index (κ2) is 10.8. The van der Waals surface area contributed by atoms with E-state index in [1.807, 2.05) is 24.3 Å². The van der Waals surface area contributed by atoms with Crippen LogP contribution in [0.5, 0.6) is 0 Å². The first-order valence-electron chi connectivity index (χ1n) is 9.97. The molecule has 31 heavy (non-hydrogen) atoms. The van der Waals surface area contributed by atoms with Gasteiger partial charge in [0.2, 0.25) is 17.7 Å². The average molecular weight is 447 g/mol. The third-order valence-corrected chi connectivity index (χ3v) is 5.21. The number of rotatable bonds is 7. The molecule has 0 saturated carbocycles. The lowest BCUT2D eigenvalue weighted by atomic mass is 10.1. The van der Waals surface area contributed by atoms with Crippen LogP contribution in [0.1, 0.15) is 5.56 Å². The maximum absolute atomic E-state index is 13.1. The van der Waals surface area contributed by atoms with Gasteiger partial charge in [0.25, 0.3) is 0 Å². The highest BCUT2D eigenvalue weighted by molar-refractivity contribution is 6.30. The van der Waals surface area contributed by atoms with Crippen LogP contribution in [0.15, 0.2) is 48.5 Å². The Bertz CT molecular complexity index is 931. The van der Waals surface area contributed by atoms with Crippen LogP contribution in [-0.2, 0) is 20.8 Å². The van der Waals surface area contributed by atoms with Gasteiger partial charge in [0.1, 0.15) is 5.82 Å². The molecule has 9 heteroatoms. The van der Waals surface area contributed by atoms with E-state index in [1.54, 1.807) is 11.0 Å². The fraction of sp³-hybridized carbons (Fsp3) is 0.318. The maximum atomic E-state index is 13.1. The minimum atomic E-state index is -0.458. The van der Waals surface area contributed by atoms with Crippen LogP contribution in [0.4, 0.5) is 10.1 Å². The van der Waals surface area contributed by atoms with Crippen LogP contribution in [0.25, 0.3) is 0 Å². The summed E-state index contributed by atoms with van der Waals surface area (Å²) in [5, 5.41) is 5.67. The molecule has 0 aliphatic carbocycles. The van der Waals surface area contributed by atoms with Crippen LogP contribution in [-0.4, -0.2) is 61.9 Å². The van der Waals surface area contributed by atoms with Crippen LogP contribution >= 0.6 is 11.6 Å². The van der Waals surface area contributed by atoms with Crippen molar-refractivity contribution in [1.29, 1.82) is 0 Å². The zero-order chi connectivity index (χ0) is 22.2. The van der Waals surface area contributed by atoms with Gasteiger partial charge in [-0.2, -0.15) is 0 Å². The number of amides is 3. The van der Waals surface area contributed by atoms with E-state index >= 15 is 0 Å². The Morgan fingerprint density at radius 1 is 0.903 bits per heavy atom. The first-order chi connectivity index (χ1) is 14.9. The molecule has 2 N–H and O–H groups in total. The lowest BCUT2D eigenvalue weighted by Crippen LogP contribution is -2.51. The Kier molecular flexibility index (Phi) is 7.83. The largest absolute Gasteiger partial charge is 0.368 e. The van der Waals surface area contributed by atoms with E-state index in [0.29, 0.717) is 36.8 Å². The average Bonchev–Trinajstić information content (AvgIpc) is 2.77. The molecule has 1 aliphatic heterocycles. The molecule has 1 saturated heterocycles. The summed E-state index contributed by atoms with van der Waals surface area (Å²) in [5.41, 5.74) is 1.57. The highest BCUT2D eigenvalue weighted by Crippen LogP contribution is 2.19. The smallest absolute Gasteiger partial charge is 0.242 e. The van der Waals surface area contributed by atoms with Gasteiger partial charge in [-0.25, -0.2) is 4.39 Å². The van der Waals surface area contributed by atoms with Crippen LogP contribution in [0.3, 0.4) is 0 Å². The molecule has 0 unspecified atom stereocenters. The summed E-state index contributed by atoms with van der Waals surface area (Å²) < 4.78 is 13.1. The Labute approximate surface area is 185 Å². The van der Waals surface area contributed by atoms with Gasteiger partial charge in [-0.1, -0.05) is 23.7 Å². The van der Waals surface area contributed by atoms with Crippen molar-refractivity contribution >= 4 is 35.0 Å². The summed E-state index contributed by atoms with van der Waals surface area (Å²) >= 11 is 5.91.